The van der Waals surface area contributed by atoms with E-state index in [1.807, 2.05) is 37.1 Å². The van der Waals surface area contributed by atoms with Gasteiger partial charge in [0.25, 0.3) is 5.91 Å². The van der Waals surface area contributed by atoms with Crippen molar-refractivity contribution < 1.29 is 18.0 Å². The molecule has 210 valence electrons. The number of alkyl halides is 3. The van der Waals surface area contributed by atoms with E-state index in [9.17, 15) is 18.0 Å². The Bertz CT molecular complexity index is 1660. The average Bonchev–Trinajstić information content (AvgIpc) is 2.94. The number of aromatic nitrogens is 2. The molecule has 0 unspecified atom stereocenters. The molecule has 5 rings (SSSR count). The lowest BCUT2D eigenvalue weighted by Gasteiger charge is -2.33. The number of pyridine rings is 2. The molecular weight excluding hydrogens is 529 g/mol. The number of fused-ring (bicyclic) bond motifs is 1. The monoisotopic (exact) mass is 558 g/mol. The van der Waals surface area contributed by atoms with Crippen molar-refractivity contribution in [1.82, 2.24) is 19.8 Å². The first-order valence-corrected chi connectivity index (χ1v) is 13.1. The summed E-state index contributed by atoms with van der Waals surface area (Å²) in [6, 6.07) is 11.3. The Hall–Kier alpha value is -4.46. The molecule has 0 saturated carbocycles. The molecule has 0 aliphatic carbocycles. The van der Waals surface area contributed by atoms with Crippen molar-refractivity contribution in [3.63, 3.8) is 0 Å². The number of nitrogens with zero attached hydrogens (tertiary/aromatic N) is 4. The molecule has 41 heavy (non-hydrogen) atoms. The van der Waals surface area contributed by atoms with Gasteiger partial charge in [-0.05, 0) is 43.8 Å². The van der Waals surface area contributed by atoms with Crippen molar-refractivity contribution in [3.05, 3.63) is 94.4 Å². The number of anilines is 2. The largest absolute Gasteiger partial charge is 0.416 e. The molecule has 0 bridgehead atoms. The van der Waals surface area contributed by atoms with E-state index in [0.29, 0.717) is 24.2 Å². The van der Waals surface area contributed by atoms with Crippen LogP contribution >= 0.6 is 0 Å². The lowest BCUT2D eigenvalue weighted by molar-refractivity contribution is -0.138. The molecule has 4 aromatic rings. The Morgan fingerprint density at radius 3 is 2.56 bits per heavy atom. The fraction of sp³-hybridized carbons (Fsp3) is 0.258. The van der Waals surface area contributed by atoms with Crippen molar-refractivity contribution in [2.24, 2.45) is 0 Å². The summed E-state index contributed by atoms with van der Waals surface area (Å²) in [5, 5.41) is 4.33. The number of benzene rings is 2. The Morgan fingerprint density at radius 1 is 1.02 bits per heavy atom. The SMILES string of the molecule is Cc1ccc2cnc(N)c(C#Cc3cncc(C(=O)Nc4ccc(CN5CCN(C)CC5)c(C(F)(F)F)c4)c3)c2c1. The fourth-order valence-electron chi connectivity index (χ4n) is 4.75. The van der Waals surface area contributed by atoms with E-state index in [-0.39, 0.29) is 29.2 Å². The van der Waals surface area contributed by atoms with E-state index in [1.54, 1.807) is 6.20 Å². The molecule has 3 heterocycles. The van der Waals surface area contributed by atoms with Gasteiger partial charge in [-0.25, -0.2) is 4.98 Å². The average molecular weight is 559 g/mol. The van der Waals surface area contributed by atoms with Crippen LogP contribution in [0.3, 0.4) is 0 Å². The van der Waals surface area contributed by atoms with Crippen molar-refractivity contribution >= 4 is 28.2 Å². The Kier molecular flexibility index (Phi) is 7.92. The number of likely N-dealkylation sites (N-methyl/N-ethyl adjacent to an activating group) is 1. The van der Waals surface area contributed by atoms with Crippen molar-refractivity contribution in [2.45, 2.75) is 19.6 Å². The molecule has 2 aromatic heterocycles. The molecule has 0 spiro atoms. The predicted octanol–water partition coefficient (Wildman–Crippen LogP) is 4.94. The number of hydrogen-bond donors (Lipinski definition) is 2. The number of nitrogen functional groups attached to an aromatic ring is 1. The molecule has 1 saturated heterocycles. The second kappa shape index (κ2) is 11.6. The van der Waals surface area contributed by atoms with Crippen LogP contribution in [0.25, 0.3) is 10.8 Å². The van der Waals surface area contributed by atoms with Gasteiger partial charge in [0.15, 0.2) is 0 Å². The first-order chi connectivity index (χ1) is 19.6. The summed E-state index contributed by atoms with van der Waals surface area (Å²) < 4.78 is 41.9. The number of nitrogens with one attached hydrogen (secondary N) is 1. The van der Waals surface area contributed by atoms with Gasteiger partial charge >= 0.3 is 6.18 Å². The van der Waals surface area contributed by atoms with Gasteiger partial charge in [-0.1, -0.05) is 35.6 Å². The van der Waals surface area contributed by atoms with Crippen LogP contribution in [0.1, 0.15) is 38.2 Å². The molecule has 0 radical (unpaired) electrons. The standard InChI is InChI=1S/C31H29F3N6O/c1-20-3-5-22-18-37-29(35)26(27(22)13-20)8-4-21-14-24(17-36-16-21)30(41)38-25-7-6-23(28(15-25)31(32,33)34)19-40-11-9-39(2)10-12-40/h3,5-7,13-18H,9-12,19H2,1-2H3,(H2,35,37)(H,38,41). The zero-order chi connectivity index (χ0) is 29.1. The third-order valence-corrected chi connectivity index (χ3v) is 7.07. The van der Waals surface area contributed by atoms with Gasteiger partial charge in [-0.3, -0.25) is 14.7 Å². The normalized spacial score (nSPS) is 14.5. The zero-order valence-electron chi connectivity index (χ0n) is 22.7. The Morgan fingerprint density at radius 2 is 1.80 bits per heavy atom. The molecule has 0 atom stereocenters. The van der Waals surface area contributed by atoms with E-state index in [2.05, 4.69) is 32.0 Å². The fourth-order valence-corrected chi connectivity index (χ4v) is 4.75. The van der Waals surface area contributed by atoms with Gasteiger partial charge in [0.05, 0.1) is 16.7 Å². The van der Waals surface area contributed by atoms with Gasteiger partial charge in [-0.15, -0.1) is 0 Å². The molecule has 10 heteroatoms. The summed E-state index contributed by atoms with van der Waals surface area (Å²) in [5.74, 6) is 5.71. The molecular formula is C31H29F3N6O. The first kappa shape index (κ1) is 28.1. The van der Waals surface area contributed by atoms with Gasteiger partial charge in [-0.2, -0.15) is 13.2 Å². The number of hydrogen-bond acceptors (Lipinski definition) is 6. The maximum atomic E-state index is 14.0. The second-order valence-electron chi connectivity index (χ2n) is 10.2. The highest BCUT2D eigenvalue weighted by Crippen LogP contribution is 2.35. The third kappa shape index (κ3) is 6.65. The first-order valence-electron chi connectivity index (χ1n) is 13.1. The smallest absolute Gasteiger partial charge is 0.383 e. The number of halogens is 3. The van der Waals surface area contributed by atoms with Crippen LogP contribution in [0.5, 0.6) is 0 Å². The van der Waals surface area contributed by atoms with Gasteiger partial charge in [0, 0.05) is 73.3 Å². The summed E-state index contributed by atoms with van der Waals surface area (Å²) in [6.07, 6.45) is -0.0374. The molecule has 1 aliphatic heterocycles. The lowest BCUT2D eigenvalue weighted by atomic mass is 10.0. The molecule has 2 aromatic carbocycles. The maximum Gasteiger partial charge on any atom is 0.416 e. The highest BCUT2D eigenvalue weighted by molar-refractivity contribution is 6.04. The van der Waals surface area contributed by atoms with Crippen LogP contribution in [0.4, 0.5) is 24.7 Å². The van der Waals surface area contributed by atoms with Crippen LogP contribution in [0, 0.1) is 18.8 Å². The van der Waals surface area contributed by atoms with Gasteiger partial charge < -0.3 is 16.0 Å². The van der Waals surface area contributed by atoms with Crippen molar-refractivity contribution in [1.29, 1.82) is 0 Å². The van der Waals surface area contributed by atoms with Crippen LogP contribution in [0.2, 0.25) is 0 Å². The lowest BCUT2D eigenvalue weighted by Crippen LogP contribution is -2.44. The van der Waals surface area contributed by atoms with E-state index in [1.165, 1.54) is 30.6 Å². The van der Waals surface area contributed by atoms with Crippen LogP contribution in [-0.4, -0.2) is 58.9 Å². The Balaban J connectivity index is 1.36. The number of nitrogens with two attached hydrogens (primary N) is 1. The second-order valence-corrected chi connectivity index (χ2v) is 10.2. The van der Waals surface area contributed by atoms with E-state index >= 15 is 0 Å². The van der Waals surface area contributed by atoms with Crippen molar-refractivity contribution in [3.8, 4) is 11.8 Å². The molecule has 1 amide bonds. The van der Waals surface area contributed by atoms with Crippen LogP contribution < -0.4 is 11.1 Å². The van der Waals surface area contributed by atoms with Gasteiger partial charge in [0.1, 0.15) is 5.82 Å². The molecule has 1 fully saturated rings. The zero-order valence-corrected chi connectivity index (χ0v) is 22.7. The van der Waals surface area contributed by atoms with Crippen LogP contribution in [-0.2, 0) is 12.7 Å². The van der Waals surface area contributed by atoms with E-state index in [4.69, 9.17) is 5.73 Å². The summed E-state index contributed by atoms with van der Waals surface area (Å²) >= 11 is 0. The van der Waals surface area contributed by atoms with E-state index in [0.717, 1.165) is 35.5 Å². The van der Waals surface area contributed by atoms with Crippen LogP contribution in [0.15, 0.2) is 61.1 Å². The number of aryl methyl sites for hydroxylation is 1. The number of piperazine rings is 1. The number of rotatable bonds is 4. The summed E-state index contributed by atoms with van der Waals surface area (Å²) in [5.41, 5.74) is 7.78. The third-order valence-electron chi connectivity index (χ3n) is 7.07. The molecule has 7 nitrogen and oxygen atoms in total. The summed E-state index contributed by atoms with van der Waals surface area (Å²) in [7, 11) is 1.99. The number of amides is 1. The topological polar surface area (TPSA) is 87.4 Å². The highest BCUT2D eigenvalue weighted by atomic mass is 19.4. The quantitative estimate of drug-likeness (QED) is 0.345. The summed E-state index contributed by atoms with van der Waals surface area (Å²) in [4.78, 5) is 25.4. The highest BCUT2D eigenvalue weighted by Gasteiger charge is 2.34. The minimum absolute atomic E-state index is 0.0471. The van der Waals surface area contributed by atoms with E-state index < -0.39 is 17.6 Å². The maximum absolute atomic E-state index is 14.0. The number of carbonyl (C=O) groups excluding carboxylic acids is 1. The number of carbonyl (C=O) groups is 1. The Labute approximate surface area is 236 Å². The molecule has 1 aliphatic rings. The predicted molar refractivity (Wildman–Crippen MR) is 153 cm³/mol. The molecule has 3 N–H and O–H groups in total. The minimum Gasteiger partial charge on any atom is -0.383 e. The minimum atomic E-state index is -4.56. The summed E-state index contributed by atoms with van der Waals surface area (Å²) in [6.45, 7) is 5.16. The van der Waals surface area contributed by atoms with Crippen molar-refractivity contribution in [2.75, 3.05) is 44.3 Å². The van der Waals surface area contributed by atoms with Gasteiger partial charge in [0.2, 0.25) is 0 Å².